The molecule has 0 N–H and O–H groups in total. The Morgan fingerprint density at radius 1 is 1.19 bits per heavy atom. The van der Waals surface area contributed by atoms with Gasteiger partial charge in [-0.3, -0.25) is 9.59 Å². The van der Waals surface area contributed by atoms with Crippen molar-refractivity contribution in [3.05, 3.63) is 51.7 Å². The first-order valence-corrected chi connectivity index (χ1v) is 10.2. The first-order valence-electron chi connectivity index (χ1n) is 9.28. The Morgan fingerprint density at radius 3 is 2.44 bits per heavy atom. The summed E-state index contributed by atoms with van der Waals surface area (Å²) in [5.74, 6) is 1.17. The van der Waals surface area contributed by atoms with Crippen LogP contribution in [0.5, 0.6) is 5.75 Å². The van der Waals surface area contributed by atoms with Crippen molar-refractivity contribution in [2.75, 3.05) is 26.7 Å². The van der Waals surface area contributed by atoms with E-state index in [4.69, 9.17) is 4.74 Å². The van der Waals surface area contributed by atoms with Crippen LogP contribution in [-0.4, -0.2) is 48.4 Å². The third-order valence-corrected chi connectivity index (χ3v) is 6.84. The van der Waals surface area contributed by atoms with Gasteiger partial charge in [-0.25, -0.2) is 0 Å². The van der Waals surface area contributed by atoms with Crippen molar-refractivity contribution in [2.24, 2.45) is 5.41 Å². The fourth-order valence-corrected chi connectivity index (χ4v) is 4.97. The number of thiophene rings is 1. The summed E-state index contributed by atoms with van der Waals surface area (Å²) in [4.78, 5) is 30.1. The Balaban J connectivity index is 1.33. The Bertz CT molecular complexity index is 851. The summed E-state index contributed by atoms with van der Waals surface area (Å²) < 4.78 is 5.18. The smallest absolute Gasteiger partial charge is 0.264 e. The van der Waals surface area contributed by atoms with E-state index in [9.17, 15) is 9.59 Å². The Hall–Kier alpha value is -2.34. The van der Waals surface area contributed by atoms with Gasteiger partial charge in [0.05, 0.1) is 17.4 Å². The SMILES string of the molecule is COc1ccc(CN2CC3(CCN(C(=O)c4sccc4C)CC3)C2=O)cc1. The van der Waals surface area contributed by atoms with Crippen LogP contribution < -0.4 is 4.74 Å². The number of hydrogen-bond donors (Lipinski definition) is 0. The number of likely N-dealkylation sites (tertiary alicyclic amines) is 2. The van der Waals surface area contributed by atoms with E-state index in [0.29, 0.717) is 19.6 Å². The molecule has 2 aliphatic rings. The maximum absolute atomic E-state index is 12.8. The van der Waals surface area contributed by atoms with Crippen LogP contribution in [0.25, 0.3) is 0 Å². The zero-order valence-corrected chi connectivity index (χ0v) is 16.6. The highest BCUT2D eigenvalue weighted by atomic mass is 32.1. The molecule has 0 saturated carbocycles. The molecule has 3 heterocycles. The molecule has 2 aliphatic heterocycles. The van der Waals surface area contributed by atoms with Gasteiger partial charge in [-0.05, 0) is 54.5 Å². The summed E-state index contributed by atoms with van der Waals surface area (Å²) in [7, 11) is 1.65. The van der Waals surface area contributed by atoms with Gasteiger partial charge in [-0.15, -0.1) is 11.3 Å². The van der Waals surface area contributed by atoms with Gasteiger partial charge in [0.2, 0.25) is 5.91 Å². The highest BCUT2D eigenvalue weighted by molar-refractivity contribution is 7.12. The van der Waals surface area contributed by atoms with E-state index in [1.807, 2.05) is 52.4 Å². The van der Waals surface area contributed by atoms with Crippen LogP contribution in [-0.2, 0) is 11.3 Å². The normalized spacial score (nSPS) is 18.5. The molecule has 142 valence electrons. The van der Waals surface area contributed by atoms with Gasteiger partial charge >= 0.3 is 0 Å². The van der Waals surface area contributed by atoms with E-state index in [2.05, 4.69) is 0 Å². The standard InChI is InChI=1S/C21H24N2O3S/c1-15-7-12-27-18(15)19(24)22-10-8-21(9-11-22)14-23(20(21)25)13-16-3-5-17(26-2)6-4-16/h3-7,12H,8-11,13-14H2,1-2H3. The molecule has 2 amide bonds. The predicted molar refractivity (Wildman–Crippen MR) is 105 cm³/mol. The Morgan fingerprint density at radius 2 is 1.89 bits per heavy atom. The quantitative estimate of drug-likeness (QED) is 0.760. The van der Waals surface area contributed by atoms with Gasteiger partial charge < -0.3 is 14.5 Å². The second-order valence-corrected chi connectivity index (χ2v) is 8.43. The average Bonchev–Trinajstić information content (AvgIpc) is 3.13. The molecule has 4 rings (SSSR count). The number of nitrogens with zero attached hydrogens (tertiary/aromatic N) is 2. The fourth-order valence-electron chi connectivity index (χ4n) is 4.07. The van der Waals surface area contributed by atoms with Gasteiger partial charge in [0.1, 0.15) is 5.75 Å². The van der Waals surface area contributed by atoms with Gasteiger partial charge in [0.15, 0.2) is 0 Å². The minimum absolute atomic E-state index is 0.110. The molecule has 2 fully saturated rings. The van der Waals surface area contributed by atoms with E-state index in [1.165, 1.54) is 11.3 Å². The number of β-lactam (4-membered cyclic amide) rings is 1. The Labute approximate surface area is 163 Å². The van der Waals surface area contributed by atoms with Crippen LogP contribution >= 0.6 is 11.3 Å². The second-order valence-electron chi connectivity index (χ2n) is 7.51. The number of piperidine rings is 1. The van der Waals surface area contributed by atoms with Crippen LogP contribution in [0, 0.1) is 12.3 Å². The van der Waals surface area contributed by atoms with Crippen LogP contribution in [0.4, 0.5) is 0 Å². The van der Waals surface area contributed by atoms with Gasteiger partial charge in [-0.2, -0.15) is 0 Å². The highest BCUT2D eigenvalue weighted by Gasteiger charge is 2.53. The lowest BCUT2D eigenvalue weighted by Crippen LogP contribution is -2.64. The molecule has 0 aliphatic carbocycles. The number of amides is 2. The topological polar surface area (TPSA) is 49.9 Å². The summed E-state index contributed by atoms with van der Waals surface area (Å²) >= 11 is 1.50. The maximum atomic E-state index is 12.8. The van der Waals surface area contributed by atoms with E-state index in [1.54, 1.807) is 7.11 Å². The predicted octanol–water partition coefficient (Wildman–Crippen LogP) is 3.33. The Kier molecular flexibility index (Phi) is 4.68. The monoisotopic (exact) mass is 384 g/mol. The number of aryl methyl sites for hydroxylation is 1. The zero-order valence-electron chi connectivity index (χ0n) is 15.7. The molecule has 0 unspecified atom stereocenters. The molecule has 1 spiro atoms. The third kappa shape index (κ3) is 3.23. The lowest BCUT2D eigenvalue weighted by Gasteiger charge is -2.52. The summed E-state index contributed by atoms with van der Waals surface area (Å²) in [6, 6.07) is 9.83. The molecule has 1 aromatic carbocycles. The number of hydrogen-bond acceptors (Lipinski definition) is 4. The molecule has 2 aromatic rings. The number of methoxy groups -OCH3 is 1. The summed E-state index contributed by atoms with van der Waals surface area (Å²) in [6.45, 7) is 4.73. The first-order chi connectivity index (χ1) is 13.0. The molecule has 0 bridgehead atoms. The highest BCUT2D eigenvalue weighted by Crippen LogP contribution is 2.42. The minimum Gasteiger partial charge on any atom is -0.497 e. The minimum atomic E-state index is -0.256. The number of ether oxygens (including phenoxy) is 1. The molecule has 0 atom stereocenters. The van der Waals surface area contributed by atoms with Crippen molar-refractivity contribution in [1.82, 2.24) is 9.80 Å². The second kappa shape index (κ2) is 7.00. The van der Waals surface area contributed by atoms with Gasteiger partial charge in [0, 0.05) is 26.2 Å². The van der Waals surface area contributed by atoms with Crippen molar-refractivity contribution >= 4 is 23.2 Å². The molecule has 2 saturated heterocycles. The van der Waals surface area contributed by atoms with Crippen LogP contribution in [0.15, 0.2) is 35.7 Å². The number of benzene rings is 1. The van der Waals surface area contributed by atoms with Crippen molar-refractivity contribution in [2.45, 2.75) is 26.3 Å². The van der Waals surface area contributed by atoms with Crippen LogP contribution in [0.1, 0.15) is 33.6 Å². The summed E-state index contributed by atoms with van der Waals surface area (Å²) in [5, 5.41) is 1.96. The zero-order chi connectivity index (χ0) is 19.0. The molecular weight excluding hydrogens is 360 g/mol. The molecule has 6 heteroatoms. The number of carbonyl (C=O) groups is 2. The van der Waals surface area contributed by atoms with Gasteiger partial charge in [0.25, 0.3) is 5.91 Å². The molecule has 0 radical (unpaired) electrons. The van der Waals surface area contributed by atoms with E-state index < -0.39 is 0 Å². The molecular formula is C21H24N2O3S. The van der Waals surface area contributed by atoms with E-state index in [0.717, 1.165) is 41.1 Å². The summed E-state index contributed by atoms with van der Waals surface area (Å²) in [5.41, 5.74) is 1.89. The average molecular weight is 385 g/mol. The number of carbonyl (C=O) groups excluding carboxylic acids is 2. The van der Waals surface area contributed by atoms with Crippen molar-refractivity contribution in [3.8, 4) is 5.75 Å². The third-order valence-electron chi connectivity index (χ3n) is 5.83. The summed E-state index contributed by atoms with van der Waals surface area (Å²) in [6.07, 6.45) is 1.53. The van der Waals surface area contributed by atoms with Crippen molar-refractivity contribution < 1.29 is 14.3 Å². The van der Waals surface area contributed by atoms with E-state index in [-0.39, 0.29) is 17.2 Å². The van der Waals surface area contributed by atoms with Gasteiger partial charge in [-0.1, -0.05) is 12.1 Å². The lowest BCUT2D eigenvalue weighted by molar-refractivity contribution is -0.165. The van der Waals surface area contributed by atoms with Crippen LogP contribution in [0.2, 0.25) is 0 Å². The van der Waals surface area contributed by atoms with Crippen LogP contribution in [0.3, 0.4) is 0 Å². The number of rotatable bonds is 4. The molecule has 5 nitrogen and oxygen atoms in total. The van der Waals surface area contributed by atoms with Crippen molar-refractivity contribution in [3.63, 3.8) is 0 Å². The van der Waals surface area contributed by atoms with Crippen molar-refractivity contribution in [1.29, 1.82) is 0 Å². The lowest BCUT2D eigenvalue weighted by atomic mass is 9.71. The maximum Gasteiger partial charge on any atom is 0.264 e. The first kappa shape index (κ1) is 18.0. The fraction of sp³-hybridized carbons (Fsp3) is 0.429. The molecule has 27 heavy (non-hydrogen) atoms. The van der Waals surface area contributed by atoms with E-state index >= 15 is 0 Å². The largest absolute Gasteiger partial charge is 0.497 e. The molecule has 1 aromatic heterocycles.